The number of aromatic carboxylic acids is 1. The van der Waals surface area contributed by atoms with Crippen molar-refractivity contribution in [2.45, 2.75) is 0 Å². The Kier molecular flexibility index (Phi) is 3.83. The maximum absolute atomic E-state index is 11.0. The van der Waals surface area contributed by atoms with E-state index >= 15 is 0 Å². The molecule has 0 saturated carbocycles. The summed E-state index contributed by atoms with van der Waals surface area (Å²) in [5.41, 5.74) is 7.00. The number of hydrogen-bond donors (Lipinski definition) is 3. The lowest BCUT2D eigenvalue weighted by Gasteiger charge is -2.12. The van der Waals surface area contributed by atoms with Gasteiger partial charge in [-0.3, -0.25) is 0 Å². The minimum absolute atomic E-state index is 0.0307. The maximum atomic E-state index is 11.0. The molecule has 0 atom stereocenters. The number of benzene rings is 2. The van der Waals surface area contributed by atoms with Crippen LogP contribution >= 0.6 is 23.2 Å². The third kappa shape index (κ3) is 2.92. The van der Waals surface area contributed by atoms with E-state index in [1.165, 1.54) is 6.07 Å². The Bertz CT molecular complexity index is 645. The number of hydrogen-bond acceptors (Lipinski definition) is 3. The fraction of sp³-hybridized carbons (Fsp3) is 0. The van der Waals surface area contributed by atoms with E-state index in [4.69, 9.17) is 34.0 Å². The molecule has 0 radical (unpaired) electrons. The quantitative estimate of drug-likeness (QED) is 0.748. The molecule has 0 spiro atoms. The number of anilines is 3. The first-order valence-electron chi connectivity index (χ1n) is 5.33. The standard InChI is InChI=1S/C13H10Cl2N2O2/c14-7-4-5-9(15)11(6-7)17-10-3-1-2-8(12(10)16)13(18)19/h1-6,17H,16H2,(H,18,19). The average Bonchev–Trinajstić information content (AvgIpc) is 2.36. The summed E-state index contributed by atoms with van der Waals surface area (Å²) in [7, 11) is 0. The fourth-order valence-corrected chi connectivity index (χ4v) is 1.94. The van der Waals surface area contributed by atoms with Gasteiger partial charge in [0.25, 0.3) is 0 Å². The zero-order valence-corrected chi connectivity index (χ0v) is 11.2. The Morgan fingerprint density at radius 1 is 1.16 bits per heavy atom. The topological polar surface area (TPSA) is 75.3 Å². The molecular weight excluding hydrogens is 287 g/mol. The van der Waals surface area contributed by atoms with Crippen LogP contribution in [0.1, 0.15) is 10.4 Å². The number of nitrogens with two attached hydrogens (primary N) is 1. The third-order valence-corrected chi connectivity index (χ3v) is 3.10. The number of nitrogens with one attached hydrogen (secondary N) is 1. The highest BCUT2D eigenvalue weighted by atomic mass is 35.5. The van der Waals surface area contributed by atoms with Crippen molar-refractivity contribution >= 4 is 46.2 Å². The number of rotatable bonds is 3. The lowest BCUT2D eigenvalue weighted by atomic mass is 10.1. The highest BCUT2D eigenvalue weighted by molar-refractivity contribution is 6.35. The van der Waals surface area contributed by atoms with Crippen molar-refractivity contribution in [3.05, 3.63) is 52.0 Å². The molecule has 0 fully saturated rings. The molecule has 6 heteroatoms. The van der Waals surface area contributed by atoms with Gasteiger partial charge in [-0.1, -0.05) is 29.3 Å². The van der Waals surface area contributed by atoms with E-state index < -0.39 is 5.97 Å². The molecular formula is C13H10Cl2N2O2. The van der Waals surface area contributed by atoms with Gasteiger partial charge < -0.3 is 16.2 Å². The second-order valence-electron chi connectivity index (χ2n) is 3.82. The average molecular weight is 297 g/mol. The summed E-state index contributed by atoms with van der Waals surface area (Å²) in [4.78, 5) is 11.0. The van der Waals surface area contributed by atoms with Crippen molar-refractivity contribution in [2.75, 3.05) is 11.1 Å². The zero-order chi connectivity index (χ0) is 14.0. The lowest BCUT2D eigenvalue weighted by molar-refractivity contribution is 0.0698. The molecule has 0 bridgehead atoms. The van der Waals surface area contributed by atoms with Gasteiger partial charge in [-0.05, 0) is 30.3 Å². The maximum Gasteiger partial charge on any atom is 0.337 e. The van der Waals surface area contributed by atoms with Gasteiger partial charge in [0, 0.05) is 5.02 Å². The van der Waals surface area contributed by atoms with Crippen LogP contribution in [0.25, 0.3) is 0 Å². The normalized spacial score (nSPS) is 10.2. The van der Waals surface area contributed by atoms with E-state index in [1.807, 2.05) is 0 Å². The SMILES string of the molecule is Nc1c(Nc2cc(Cl)ccc2Cl)cccc1C(=O)O. The van der Waals surface area contributed by atoms with E-state index in [0.717, 1.165) is 0 Å². The van der Waals surface area contributed by atoms with Crippen LogP contribution in [-0.2, 0) is 0 Å². The van der Waals surface area contributed by atoms with Crippen LogP contribution in [0.15, 0.2) is 36.4 Å². The fourth-order valence-electron chi connectivity index (χ4n) is 1.60. The van der Waals surface area contributed by atoms with Crippen molar-refractivity contribution in [1.82, 2.24) is 0 Å². The van der Waals surface area contributed by atoms with E-state index in [9.17, 15) is 4.79 Å². The Hall–Kier alpha value is -1.91. The third-order valence-electron chi connectivity index (χ3n) is 2.53. The second kappa shape index (κ2) is 5.38. The summed E-state index contributed by atoms with van der Waals surface area (Å²) < 4.78 is 0. The Labute approximate surface area is 119 Å². The summed E-state index contributed by atoms with van der Waals surface area (Å²) in [6.07, 6.45) is 0. The molecule has 0 heterocycles. The number of carboxylic acid groups (broad SMARTS) is 1. The van der Waals surface area contributed by atoms with E-state index in [2.05, 4.69) is 5.32 Å². The van der Waals surface area contributed by atoms with E-state index in [0.29, 0.717) is 21.4 Å². The molecule has 4 nitrogen and oxygen atoms in total. The first kappa shape index (κ1) is 13.5. The van der Waals surface area contributed by atoms with E-state index in [1.54, 1.807) is 30.3 Å². The van der Waals surface area contributed by atoms with E-state index in [-0.39, 0.29) is 11.3 Å². The summed E-state index contributed by atoms with van der Waals surface area (Å²) in [6.45, 7) is 0. The predicted octanol–water partition coefficient (Wildman–Crippen LogP) is 4.02. The Balaban J connectivity index is 2.41. The molecule has 0 aromatic heterocycles. The lowest BCUT2D eigenvalue weighted by Crippen LogP contribution is -2.05. The molecule has 4 N–H and O–H groups in total. The second-order valence-corrected chi connectivity index (χ2v) is 4.66. The zero-order valence-electron chi connectivity index (χ0n) is 9.65. The van der Waals surface area contributed by atoms with Gasteiger partial charge in [-0.15, -0.1) is 0 Å². The first-order valence-corrected chi connectivity index (χ1v) is 6.08. The number of carbonyl (C=O) groups is 1. The minimum Gasteiger partial charge on any atom is -0.478 e. The van der Waals surface area contributed by atoms with Crippen LogP contribution < -0.4 is 11.1 Å². The van der Waals surface area contributed by atoms with Gasteiger partial charge in [0.1, 0.15) is 0 Å². The number of nitrogen functional groups attached to an aromatic ring is 1. The van der Waals surface area contributed by atoms with Gasteiger partial charge in [0.2, 0.25) is 0 Å². The van der Waals surface area contributed by atoms with Crippen LogP contribution in [-0.4, -0.2) is 11.1 Å². The van der Waals surface area contributed by atoms with Gasteiger partial charge in [0.05, 0.1) is 27.6 Å². The molecule has 0 aliphatic carbocycles. The van der Waals surface area contributed by atoms with Crippen molar-refractivity contribution in [2.24, 2.45) is 0 Å². The molecule has 98 valence electrons. The molecule has 0 aliphatic heterocycles. The molecule has 0 unspecified atom stereocenters. The summed E-state index contributed by atoms with van der Waals surface area (Å²) >= 11 is 11.9. The molecule has 2 aromatic carbocycles. The molecule has 2 aromatic rings. The predicted molar refractivity (Wildman–Crippen MR) is 77.6 cm³/mol. The molecule has 19 heavy (non-hydrogen) atoms. The summed E-state index contributed by atoms with van der Waals surface area (Å²) in [5.74, 6) is -1.08. The molecule has 0 aliphatic rings. The van der Waals surface area contributed by atoms with Gasteiger partial charge in [-0.2, -0.15) is 0 Å². The van der Waals surface area contributed by atoms with Gasteiger partial charge in [0.15, 0.2) is 0 Å². The van der Waals surface area contributed by atoms with Crippen LogP contribution in [0.5, 0.6) is 0 Å². The Morgan fingerprint density at radius 3 is 2.58 bits per heavy atom. The molecule has 0 amide bonds. The number of carboxylic acids is 1. The van der Waals surface area contributed by atoms with Crippen LogP contribution in [0.2, 0.25) is 10.0 Å². The molecule has 2 rings (SSSR count). The van der Waals surface area contributed by atoms with Crippen LogP contribution in [0.3, 0.4) is 0 Å². The van der Waals surface area contributed by atoms with Crippen molar-refractivity contribution in [3.8, 4) is 0 Å². The first-order chi connectivity index (χ1) is 8.99. The van der Waals surface area contributed by atoms with Gasteiger partial charge in [-0.25, -0.2) is 4.79 Å². The van der Waals surface area contributed by atoms with Crippen LogP contribution in [0.4, 0.5) is 17.1 Å². The number of halogens is 2. The largest absolute Gasteiger partial charge is 0.478 e. The summed E-state index contributed by atoms with van der Waals surface area (Å²) in [6, 6.07) is 9.63. The Morgan fingerprint density at radius 2 is 1.89 bits per heavy atom. The minimum atomic E-state index is -1.08. The monoisotopic (exact) mass is 296 g/mol. The van der Waals surface area contributed by atoms with Crippen LogP contribution in [0, 0.1) is 0 Å². The highest BCUT2D eigenvalue weighted by Gasteiger charge is 2.12. The molecule has 0 saturated heterocycles. The smallest absolute Gasteiger partial charge is 0.337 e. The van der Waals surface area contributed by atoms with Gasteiger partial charge >= 0.3 is 5.97 Å². The highest BCUT2D eigenvalue weighted by Crippen LogP contribution is 2.31. The number of para-hydroxylation sites is 1. The van der Waals surface area contributed by atoms with Crippen molar-refractivity contribution in [1.29, 1.82) is 0 Å². The van der Waals surface area contributed by atoms with Crippen molar-refractivity contribution in [3.63, 3.8) is 0 Å². The van der Waals surface area contributed by atoms with Crippen molar-refractivity contribution < 1.29 is 9.90 Å². The summed E-state index contributed by atoms with van der Waals surface area (Å²) in [5, 5.41) is 12.9.